The lowest BCUT2D eigenvalue weighted by Gasteiger charge is -2.26. The van der Waals surface area contributed by atoms with Gasteiger partial charge in [-0.25, -0.2) is 4.79 Å². The third-order valence-corrected chi connectivity index (χ3v) is 4.23. The molecular weight excluding hydrogens is 344 g/mol. The fraction of sp³-hybridized carbons (Fsp3) is 0.500. The first-order valence-electron chi connectivity index (χ1n) is 9.49. The summed E-state index contributed by atoms with van der Waals surface area (Å²) in [6.45, 7) is 8.13. The predicted molar refractivity (Wildman–Crippen MR) is 110 cm³/mol. The van der Waals surface area contributed by atoms with Crippen LogP contribution >= 0.6 is 0 Å². The summed E-state index contributed by atoms with van der Waals surface area (Å²) in [6, 6.07) is 9.53. The fourth-order valence-corrected chi connectivity index (χ4v) is 2.90. The fourth-order valence-electron chi connectivity index (χ4n) is 2.90. The number of nitrogens with zero attached hydrogens (tertiary/aromatic N) is 2. The summed E-state index contributed by atoms with van der Waals surface area (Å²) in [7, 11) is 0. The largest absolute Gasteiger partial charge is 0.492 e. The van der Waals surface area contributed by atoms with Crippen LogP contribution in [0.1, 0.15) is 33.6 Å². The van der Waals surface area contributed by atoms with E-state index in [1.807, 2.05) is 49.1 Å². The summed E-state index contributed by atoms with van der Waals surface area (Å²) >= 11 is 0. The van der Waals surface area contributed by atoms with Crippen molar-refractivity contribution >= 4 is 11.5 Å². The van der Waals surface area contributed by atoms with E-state index in [1.165, 1.54) is 4.57 Å². The predicted octanol–water partition coefficient (Wildman–Crippen LogP) is 2.46. The standard InChI is InChI=1S/C20H30N4O3/c1-4-5-11-23(12-13-27-16-9-7-6-8-10-16)17-18(21)24(14-15(2)3)20(26)22-19(17)25/h6-10,15H,4-5,11-14,21H2,1-3H3,(H,22,25,26). The second-order valence-electron chi connectivity index (χ2n) is 7.00. The minimum Gasteiger partial charge on any atom is -0.492 e. The minimum atomic E-state index is -0.467. The van der Waals surface area contributed by atoms with E-state index in [1.54, 1.807) is 0 Å². The zero-order chi connectivity index (χ0) is 19.8. The Morgan fingerprint density at radius 2 is 1.89 bits per heavy atom. The van der Waals surface area contributed by atoms with Gasteiger partial charge in [0.25, 0.3) is 5.56 Å². The van der Waals surface area contributed by atoms with Gasteiger partial charge in [-0.3, -0.25) is 14.3 Å². The first-order chi connectivity index (χ1) is 12.9. The number of rotatable bonds is 10. The normalized spacial score (nSPS) is 11.0. The van der Waals surface area contributed by atoms with Gasteiger partial charge in [0, 0.05) is 13.1 Å². The number of para-hydroxylation sites is 1. The summed E-state index contributed by atoms with van der Waals surface area (Å²) in [4.78, 5) is 29.0. The molecule has 0 amide bonds. The van der Waals surface area contributed by atoms with Crippen LogP contribution in [0.15, 0.2) is 39.9 Å². The molecule has 1 aromatic carbocycles. The van der Waals surface area contributed by atoms with Gasteiger partial charge in [-0.1, -0.05) is 45.4 Å². The van der Waals surface area contributed by atoms with Gasteiger partial charge in [0.1, 0.15) is 23.9 Å². The second kappa shape index (κ2) is 9.85. The van der Waals surface area contributed by atoms with Crippen LogP contribution in [0.3, 0.4) is 0 Å². The molecule has 0 saturated carbocycles. The number of anilines is 2. The van der Waals surface area contributed by atoms with Crippen LogP contribution in [-0.4, -0.2) is 29.2 Å². The molecule has 2 aromatic rings. The van der Waals surface area contributed by atoms with Gasteiger partial charge in [-0.05, 0) is 24.5 Å². The molecule has 0 radical (unpaired) electrons. The maximum Gasteiger partial charge on any atom is 0.330 e. The molecule has 1 heterocycles. The highest BCUT2D eigenvalue weighted by Gasteiger charge is 2.19. The highest BCUT2D eigenvalue weighted by atomic mass is 16.5. The van der Waals surface area contributed by atoms with Gasteiger partial charge in [0.2, 0.25) is 0 Å². The lowest BCUT2D eigenvalue weighted by molar-refractivity contribution is 0.323. The third-order valence-electron chi connectivity index (χ3n) is 4.23. The van der Waals surface area contributed by atoms with Gasteiger partial charge in [-0.15, -0.1) is 0 Å². The molecule has 0 unspecified atom stereocenters. The number of unbranched alkanes of at least 4 members (excludes halogenated alkanes) is 1. The van der Waals surface area contributed by atoms with Gasteiger partial charge < -0.3 is 15.4 Å². The molecule has 0 fully saturated rings. The average molecular weight is 374 g/mol. The van der Waals surface area contributed by atoms with Crippen LogP contribution in [-0.2, 0) is 6.54 Å². The van der Waals surface area contributed by atoms with E-state index < -0.39 is 11.2 Å². The highest BCUT2D eigenvalue weighted by molar-refractivity contribution is 5.62. The Hall–Kier alpha value is -2.70. The number of nitrogens with one attached hydrogen (secondary N) is 1. The third kappa shape index (κ3) is 5.64. The van der Waals surface area contributed by atoms with Crippen molar-refractivity contribution in [3.8, 4) is 5.75 Å². The van der Waals surface area contributed by atoms with Gasteiger partial charge in [-0.2, -0.15) is 0 Å². The number of ether oxygens (including phenoxy) is 1. The van der Waals surface area contributed by atoms with Gasteiger partial charge in [0.05, 0.1) is 6.54 Å². The van der Waals surface area contributed by atoms with Crippen molar-refractivity contribution in [2.24, 2.45) is 5.92 Å². The number of aromatic nitrogens is 2. The molecule has 0 saturated heterocycles. The number of hydrogen-bond acceptors (Lipinski definition) is 5. The van der Waals surface area contributed by atoms with Crippen LogP contribution in [0.4, 0.5) is 11.5 Å². The molecule has 27 heavy (non-hydrogen) atoms. The maximum absolute atomic E-state index is 12.5. The maximum atomic E-state index is 12.5. The zero-order valence-electron chi connectivity index (χ0n) is 16.4. The Bertz CT molecular complexity index is 827. The van der Waals surface area contributed by atoms with Crippen molar-refractivity contribution < 1.29 is 4.74 Å². The summed E-state index contributed by atoms with van der Waals surface area (Å²) < 4.78 is 7.22. The molecule has 0 spiro atoms. The summed E-state index contributed by atoms with van der Waals surface area (Å²) in [5.74, 6) is 1.22. The quantitative estimate of drug-likeness (QED) is 0.666. The molecule has 0 atom stereocenters. The molecular formula is C20H30N4O3. The van der Waals surface area contributed by atoms with Crippen molar-refractivity contribution in [1.82, 2.24) is 9.55 Å². The van der Waals surface area contributed by atoms with E-state index in [4.69, 9.17) is 10.5 Å². The topological polar surface area (TPSA) is 93.3 Å². The first kappa shape index (κ1) is 20.6. The summed E-state index contributed by atoms with van der Waals surface area (Å²) in [5.41, 5.74) is 5.68. The number of aromatic amines is 1. The Kier molecular flexibility index (Phi) is 7.52. The van der Waals surface area contributed by atoms with E-state index in [0.29, 0.717) is 31.9 Å². The smallest absolute Gasteiger partial charge is 0.330 e. The minimum absolute atomic E-state index is 0.216. The van der Waals surface area contributed by atoms with Crippen LogP contribution in [0.2, 0.25) is 0 Å². The number of H-pyrrole nitrogens is 1. The van der Waals surface area contributed by atoms with E-state index >= 15 is 0 Å². The van der Waals surface area contributed by atoms with E-state index in [9.17, 15) is 9.59 Å². The molecule has 0 aliphatic carbocycles. The zero-order valence-corrected chi connectivity index (χ0v) is 16.4. The van der Waals surface area contributed by atoms with Crippen molar-refractivity contribution in [1.29, 1.82) is 0 Å². The van der Waals surface area contributed by atoms with E-state index in [-0.39, 0.29) is 11.7 Å². The Labute approximate surface area is 159 Å². The average Bonchev–Trinajstić information content (AvgIpc) is 2.63. The molecule has 0 aliphatic heterocycles. The molecule has 3 N–H and O–H groups in total. The summed E-state index contributed by atoms with van der Waals surface area (Å²) in [5, 5.41) is 0. The lowest BCUT2D eigenvalue weighted by atomic mass is 10.2. The SMILES string of the molecule is CCCCN(CCOc1ccccc1)c1c(N)n(CC(C)C)c(=O)[nH]c1=O. The highest BCUT2D eigenvalue weighted by Crippen LogP contribution is 2.18. The Morgan fingerprint density at radius 1 is 1.19 bits per heavy atom. The summed E-state index contributed by atoms with van der Waals surface area (Å²) in [6.07, 6.45) is 1.90. The van der Waals surface area contributed by atoms with Crippen molar-refractivity contribution in [2.45, 2.75) is 40.2 Å². The van der Waals surface area contributed by atoms with Crippen LogP contribution in [0.25, 0.3) is 0 Å². The number of nitrogens with two attached hydrogens (primary N) is 1. The molecule has 148 valence electrons. The van der Waals surface area contributed by atoms with Crippen molar-refractivity contribution in [2.75, 3.05) is 30.3 Å². The van der Waals surface area contributed by atoms with E-state index in [0.717, 1.165) is 18.6 Å². The Morgan fingerprint density at radius 3 is 2.52 bits per heavy atom. The molecule has 7 nitrogen and oxygen atoms in total. The Balaban J connectivity index is 2.26. The van der Waals surface area contributed by atoms with Gasteiger partial charge >= 0.3 is 5.69 Å². The van der Waals surface area contributed by atoms with Crippen LogP contribution < -0.4 is 26.6 Å². The lowest BCUT2D eigenvalue weighted by Crippen LogP contribution is -2.40. The molecule has 7 heteroatoms. The van der Waals surface area contributed by atoms with Crippen LogP contribution in [0.5, 0.6) is 5.75 Å². The number of benzene rings is 1. The molecule has 0 bridgehead atoms. The monoisotopic (exact) mass is 374 g/mol. The molecule has 0 aliphatic rings. The second-order valence-corrected chi connectivity index (χ2v) is 7.00. The van der Waals surface area contributed by atoms with Crippen molar-refractivity contribution in [3.05, 3.63) is 51.2 Å². The van der Waals surface area contributed by atoms with Crippen molar-refractivity contribution in [3.63, 3.8) is 0 Å². The number of hydrogen-bond donors (Lipinski definition) is 2. The molecule has 2 rings (SSSR count). The van der Waals surface area contributed by atoms with Gasteiger partial charge in [0.15, 0.2) is 0 Å². The first-order valence-corrected chi connectivity index (χ1v) is 9.49. The van der Waals surface area contributed by atoms with Crippen LogP contribution in [0, 0.1) is 5.92 Å². The number of nitrogen functional groups attached to an aromatic ring is 1. The van der Waals surface area contributed by atoms with E-state index in [2.05, 4.69) is 11.9 Å². The molecule has 1 aromatic heterocycles.